The molecule has 0 aliphatic carbocycles. The average molecular weight is 253 g/mol. The second-order valence-corrected chi connectivity index (χ2v) is 5.31. The van der Waals surface area contributed by atoms with Gasteiger partial charge >= 0.3 is 0 Å². The summed E-state index contributed by atoms with van der Waals surface area (Å²) < 4.78 is 0. The second-order valence-electron chi connectivity index (χ2n) is 5.31. The van der Waals surface area contributed by atoms with Crippen LogP contribution in [0.25, 0.3) is 10.9 Å². The van der Waals surface area contributed by atoms with Crippen molar-refractivity contribution in [3.05, 3.63) is 35.5 Å². The van der Waals surface area contributed by atoms with Crippen LogP contribution >= 0.6 is 0 Å². The van der Waals surface area contributed by atoms with Gasteiger partial charge in [-0.15, -0.1) is 0 Å². The smallest absolute Gasteiger partial charge is 0.0998 e. The first kappa shape index (κ1) is 12.3. The second kappa shape index (κ2) is 5.07. The number of nitriles is 1. The van der Waals surface area contributed by atoms with Crippen LogP contribution in [0.15, 0.2) is 24.3 Å². The van der Waals surface area contributed by atoms with Gasteiger partial charge in [-0.1, -0.05) is 13.0 Å². The van der Waals surface area contributed by atoms with Crippen molar-refractivity contribution in [1.82, 2.24) is 9.88 Å². The van der Waals surface area contributed by atoms with E-state index in [2.05, 4.69) is 35.0 Å². The normalized spacial score (nSPS) is 17.7. The summed E-state index contributed by atoms with van der Waals surface area (Å²) in [6.45, 7) is 5.74. The summed E-state index contributed by atoms with van der Waals surface area (Å²) in [6.07, 6.45) is 2.42. The number of H-pyrrole nitrogens is 1. The van der Waals surface area contributed by atoms with Gasteiger partial charge in [0.25, 0.3) is 0 Å². The van der Waals surface area contributed by atoms with E-state index < -0.39 is 0 Å². The quantitative estimate of drug-likeness (QED) is 0.892. The molecule has 1 aromatic heterocycles. The van der Waals surface area contributed by atoms with E-state index >= 15 is 0 Å². The SMILES string of the molecule is CCN1CCC(c2cc3c(C#N)cccc3[nH]2)CC1. The number of hydrogen-bond donors (Lipinski definition) is 1. The van der Waals surface area contributed by atoms with Crippen LogP contribution in [-0.2, 0) is 0 Å². The molecule has 98 valence electrons. The number of aromatic amines is 1. The topological polar surface area (TPSA) is 42.8 Å². The minimum Gasteiger partial charge on any atom is -0.358 e. The first-order valence-corrected chi connectivity index (χ1v) is 7.06. The number of hydrogen-bond acceptors (Lipinski definition) is 2. The Morgan fingerprint density at radius 2 is 2.16 bits per heavy atom. The molecule has 2 aromatic rings. The van der Waals surface area contributed by atoms with Crippen molar-refractivity contribution in [2.24, 2.45) is 0 Å². The van der Waals surface area contributed by atoms with E-state index in [4.69, 9.17) is 5.26 Å². The molecule has 19 heavy (non-hydrogen) atoms. The van der Waals surface area contributed by atoms with Gasteiger partial charge < -0.3 is 9.88 Å². The Kier molecular flexibility index (Phi) is 3.27. The summed E-state index contributed by atoms with van der Waals surface area (Å²) in [6, 6.07) is 10.3. The van der Waals surface area contributed by atoms with Crippen LogP contribution in [0.4, 0.5) is 0 Å². The maximum Gasteiger partial charge on any atom is 0.0998 e. The van der Waals surface area contributed by atoms with Gasteiger partial charge in [0.15, 0.2) is 0 Å². The molecule has 0 bridgehead atoms. The molecule has 0 atom stereocenters. The van der Waals surface area contributed by atoms with Crippen molar-refractivity contribution in [3.63, 3.8) is 0 Å². The summed E-state index contributed by atoms with van der Waals surface area (Å²) in [5.74, 6) is 0.613. The molecule has 3 heteroatoms. The lowest BCUT2D eigenvalue weighted by molar-refractivity contribution is 0.221. The average Bonchev–Trinajstić information content (AvgIpc) is 2.91. The number of benzene rings is 1. The zero-order valence-corrected chi connectivity index (χ0v) is 11.3. The van der Waals surface area contributed by atoms with E-state index in [9.17, 15) is 0 Å². The minimum atomic E-state index is 0.613. The Hall–Kier alpha value is -1.79. The molecule has 0 amide bonds. The maximum atomic E-state index is 9.15. The third-order valence-corrected chi connectivity index (χ3v) is 4.28. The van der Waals surface area contributed by atoms with Crippen LogP contribution in [0, 0.1) is 11.3 Å². The van der Waals surface area contributed by atoms with Gasteiger partial charge in [0.05, 0.1) is 11.6 Å². The van der Waals surface area contributed by atoms with E-state index in [0.29, 0.717) is 5.92 Å². The Morgan fingerprint density at radius 3 is 2.84 bits per heavy atom. The van der Waals surface area contributed by atoms with Crippen LogP contribution in [0.3, 0.4) is 0 Å². The predicted octanol–water partition coefficient (Wildman–Crippen LogP) is 3.24. The van der Waals surface area contributed by atoms with Crippen molar-refractivity contribution >= 4 is 10.9 Å². The van der Waals surface area contributed by atoms with E-state index in [1.165, 1.54) is 31.6 Å². The van der Waals surface area contributed by atoms with Crippen molar-refractivity contribution in [2.45, 2.75) is 25.7 Å². The van der Waals surface area contributed by atoms with E-state index in [1.54, 1.807) is 0 Å². The van der Waals surface area contributed by atoms with Crippen molar-refractivity contribution in [2.75, 3.05) is 19.6 Å². The number of nitrogens with one attached hydrogen (secondary N) is 1. The monoisotopic (exact) mass is 253 g/mol. The van der Waals surface area contributed by atoms with Crippen molar-refractivity contribution in [1.29, 1.82) is 5.26 Å². The third kappa shape index (κ3) is 2.24. The van der Waals surface area contributed by atoms with Crippen molar-refractivity contribution < 1.29 is 0 Å². The van der Waals surface area contributed by atoms with Crippen LogP contribution in [0.5, 0.6) is 0 Å². The summed E-state index contributed by atoms with van der Waals surface area (Å²) in [7, 11) is 0. The summed E-state index contributed by atoms with van der Waals surface area (Å²) in [5.41, 5.74) is 3.16. The van der Waals surface area contributed by atoms with Gasteiger partial charge in [0.1, 0.15) is 0 Å². The van der Waals surface area contributed by atoms with Crippen LogP contribution in [0.2, 0.25) is 0 Å². The fraction of sp³-hybridized carbons (Fsp3) is 0.438. The molecule has 0 radical (unpaired) electrons. The van der Waals surface area contributed by atoms with Gasteiger partial charge in [-0.25, -0.2) is 0 Å². The van der Waals surface area contributed by atoms with Crippen molar-refractivity contribution in [3.8, 4) is 6.07 Å². The first-order chi connectivity index (χ1) is 9.31. The number of piperidine rings is 1. The van der Waals surface area contributed by atoms with Gasteiger partial charge in [0, 0.05) is 22.5 Å². The minimum absolute atomic E-state index is 0.613. The molecule has 1 saturated heterocycles. The first-order valence-electron chi connectivity index (χ1n) is 7.06. The number of nitrogens with zero attached hydrogens (tertiary/aromatic N) is 2. The summed E-state index contributed by atoms with van der Waals surface area (Å²) in [4.78, 5) is 6.00. The number of rotatable bonds is 2. The van der Waals surface area contributed by atoms with Crippen LogP contribution in [-0.4, -0.2) is 29.5 Å². The molecule has 1 aromatic carbocycles. The number of aromatic nitrogens is 1. The highest BCUT2D eigenvalue weighted by Gasteiger charge is 2.21. The maximum absolute atomic E-state index is 9.15. The molecule has 0 spiro atoms. The largest absolute Gasteiger partial charge is 0.358 e. The van der Waals surface area contributed by atoms with Gasteiger partial charge in [0.2, 0.25) is 0 Å². The highest BCUT2D eigenvalue weighted by molar-refractivity contribution is 5.86. The number of likely N-dealkylation sites (tertiary alicyclic amines) is 1. The molecule has 1 aliphatic rings. The fourth-order valence-corrected chi connectivity index (χ4v) is 3.05. The van der Waals surface area contributed by atoms with E-state index in [-0.39, 0.29) is 0 Å². The predicted molar refractivity (Wildman–Crippen MR) is 77.1 cm³/mol. The van der Waals surface area contributed by atoms with Gasteiger partial charge in [-0.3, -0.25) is 0 Å². The Bertz CT molecular complexity index is 612. The lowest BCUT2D eigenvalue weighted by Crippen LogP contribution is -2.32. The highest BCUT2D eigenvalue weighted by Crippen LogP contribution is 2.30. The Labute approximate surface area is 113 Å². The molecule has 1 N–H and O–H groups in total. The Balaban J connectivity index is 1.88. The third-order valence-electron chi connectivity index (χ3n) is 4.28. The molecule has 2 heterocycles. The lowest BCUT2D eigenvalue weighted by Gasteiger charge is -2.30. The summed E-state index contributed by atoms with van der Waals surface area (Å²) >= 11 is 0. The van der Waals surface area contributed by atoms with Crippen LogP contribution < -0.4 is 0 Å². The molecule has 0 unspecified atom stereocenters. The zero-order chi connectivity index (χ0) is 13.2. The van der Waals surface area contributed by atoms with Gasteiger partial charge in [-0.05, 0) is 50.7 Å². The fourth-order valence-electron chi connectivity index (χ4n) is 3.05. The molecule has 1 fully saturated rings. The highest BCUT2D eigenvalue weighted by atomic mass is 15.1. The van der Waals surface area contributed by atoms with E-state index in [1.807, 2.05) is 12.1 Å². The van der Waals surface area contributed by atoms with E-state index in [0.717, 1.165) is 23.0 Å². The molecular weight excluding hydrogens is 234 g/mol. The molecule has 3 rings (SSSR count). The number of fused-ring (bicyclic) bond motifs is 1. The molecule has 1 aliphatic heterocycles. The molecule has 0 saturated carbocycles. The zero-order valence-electron chi connectivity index (χ0n) is 11.3. The Morgan fingerprint density at radius 1 is 1.37 bits per heavy atom. The molecular formula is C16H19N3. The lowest BCUT2D eigenvalue weighted by atomic mass is 9.93. The summed E-state index contributed by atoms with van der Waals surface area (Å²) in [5, 5.41) is 10.2. The molecule has 3 nitrogen and oxygen atoms in total. The van der Waals surface area contributed by atoms with Gasteiger partial charge in [-0.2, -0.15) is 5.26 Å². The van der Waals surface area contributed by atoms with Crippen LogP contribution in [0.1, 0.15) is 36.9 Å². The standard InChI is InChI=1S/C16H19N3/c1-2-19-8-6-12(7-9-19)16-10-14-13(11-17)4-3-5-15(14)18-16/h3-5,10,12,18H,2,6-9H2,1H3.